The van der Waals surface area contributed by atoms with Crippen molar-refractivity contribution in [3.63, 3.8) is 0 Å². The Morgan fingerprint density at radius 1 is 0.837 bits per heavy atom. The molecule has 3 nitrogen and oxygen atoms in total. The third-order valence-electron chi connectivity index (χ3n) is 7.36. The lowest BCUT2D eigenvalue weighted by atomic mass is 9.95. The first kappa shape index (κ1) is 32.9. The molecule has 4 aromatic carbocycles. The second-order valence-corrected chi connectivity index (χ2v) is 10.6. The van der Waals surface area contributed by atoms with Gasteiger partial charge in [0.25, 0.3) is 0 Å². The monoisotopic (exact) mass is 585 g/mol. The third-order valence-corrected chi connectivity index (χ3v) is 7.36. The van der Waals surface area contributed by atoms with Gasteiger partial charge in [-0.2, -0.15) is 13.2 Å². The lowest BCUT2D eigenvalue weighted by Crippen LogP contribution is -2.12. The van der Waals surface area contributed by atoms with E-state index in [0.717, 1.165) is 46.5 Å². The van der Waals surface area contributed by atoms with Gasteiger partial charge in [-0.15, -0.1) is 0 Å². The highest BCUT2D eigenvalue weighted by molar-refractivity contribution is 5.96. The molecule has 0 fully saturated rings. The maximum Gasteiger partial charge on any atom is 0.416 e. The van der Waals surface area contributed by atoms with Gasteiger partial charge >= 0.3 is 12.1 Å². The van der Waals surface area contributed by atoms with E-state index in [4.69, 9.17) is 5.11 Å². The number of carbonyl (C=O) groups is 1. The molecule has 0 amide bonds. The van der Waals surface area contributed by atoms with E-state index in [-0.39, 0.29) is 0 Å². The van der Waals surface area contributed by atoms with Crippen LogP contribution in [-0.4, -0.2) is 11.1 Å². The number of nitrogens with one attached hydrogen (secondary N) is 1. The number of hydrogen-bond acceptors (Lipinski definition) is 2. The van der Waals surface area contributed by atoms with Gasteiger partial charge in [0, 0.05) is 12.2 Å². The van der Waals surface area contributed by atoms with Crippen LogP contribution in [0, 0.1) is 6.92 Å². The summed E-state index contributed by atoms with van der Waals surface area (Å²) in [5, 5.41) is 12.3. The Labute approximate surface area is 252 Å². The first-order valence-corrected chi connectivity index (χ1v) is 14.1. The Bertz CT molecular complexity index is 1590. The Balaban J connectivity index is 0.000000257. The highest BCUT2D eigenvalue weighted by Crippen LogP contribution is 2.29. The number of halogens is 3. The molecule has 0 atom stereocenters. The Morgan fingerprint density at radius 3 is 2.00 bits per heavy atom. The minimum Gasteiger partial charge on any atom is -0.478 e. The van der Waals surface area contributed by atoms with E-state index in [1.54, 1.807) is 12.1 Å². The zero-order valence-electron chi connectivity index (χ0n) is 25.3. The summed E-state index contributed by atoms with van der Waals surface area (Å²) < 4.78 is 37.8. The largest absolute Gasteiger partial charge is 0.478 e. The van der Waals surface area contributed by atoms with Crippen molar-refractivity contribution in [2.24, 2.45) is 0 Å². The fraction of sp³-hybridized carbons (Fsp3) is 0.216. The zero-order valence-corrected chi connectivity index (χ0v) is 25.3. The maximum absolute atomic E-state index is 12.6. The summed E-state index contributed by atoms with van der Waals surface area (Å²) in [6, 6.07) is 26.4. The summed E-state index contributed by atoms with van der Waals surface area (Å²) in [5.74, 6) is -0.889. The molecular weight excluding hydrogens is 547 g/mol. The highest BCUT2D eigenvalue weighted by atomic mass is 19.4. The van der Waals surface area contributed by atoms with Crippen molar-refractivity contribution in [3.8, 4) is 11.1 Å². The van der Waals surface area contributed by atoms with E-state index in [1.807, 2.05) is 42.5 Å². The molecule has 0 bridgehead atoms. The van der Waals surface area contributed by atoms with E-state index < -0.39 is 17.7 Å². The number of carboxylic acid groups (broad SMARTS) is 1. The van der Waals surface area contributed by atoms with E-state index in [0.29, 0.717) is 12.1 Å². The van der Waals surface area contributed by atoms with Gasteiger partial charge in [-0.25, -0.2) is 4.79 Å². The van der Waals surface area contributed by atoms with Crippen molar-refractivity contribution < 1.29 is 23.1 Å². The standard InChI is InChI=1S/C22H24F3N.C15H14O2/c1-14(2)16(4)21-12-19(9-6-15(21)3)17(5)26-13-18-7-10-20(11-8-18)22(23,24)25;1-2-11-7-9-12(10-8-11)13-5-3-4-6-14(13)15(16)17/h6-12,26H,5,13H2,1-4H3;3-10H,2H2,1H3,(H,16,17). The first-order chi connectivity index (χ1) is 20.3. The third kappa shape index (κ3) is 8.95. The highest BCUT2D eigenvalue weighted by Gasteiger charge is 2.29. The lowest BCUT2D eigenvalue weighted by Gasteiger charge is -2.15. The summed E-state index contributed by atoms with van der Waals surface area (Å²) in [6.07, 6.45) is -3.32. The van der Waals surface area contributed by atoms with Gasteiger partial charge in [-0.3, -0.25) is 0 Å². The Morgan fingerprint density at radius 2 is 1.44 bits per heavy atom. The van der Waals surface area contributed by atoms with Crippen LogP contribution in [0.25, 0.3) is 22.4 Å². The normalized spacial score (nSPS) is 10.8. The predicted molar refractivity (Wildman–Crippen MR) is 171 cm³/mol. The number of allylic oxidation sites excluding steroid dienone is 2. The Hall–Kier alpha value is -4.58. The molecule has 0 saturated heterocycles. The van der Waals surface area contributed by atoms with Crippen molar-refractivity contribution in [1.29, 1.82) is 0 Å². The number of alkyl halides is 3. The number of rotatable bonds is 8. The van der Waals surface area contributed by atoms with Crippen molar-refractivity contribution in [1.82, 2.24) is 5.32 Å². The molecule has 2 N–H and O–H groups in total. The number of aromatic carboxylic acids is 1. The SMILES string of the molecule is C=C(NCc1ccc(C(F)(F)F)cc1)c1ccc(C)c(C(C)=C(C)C)c1.CCc1ccc(-c2ccccc2C(=O)O)cc1. The summed E-state index contributed by atoms with van der Waals surface area (Å²) in [6.45, 7) is 14.9. The van der Waals surface area contributed by atoms with Gasteiger partial charge in [0.15, 0.2) is 0 Å². The van der Waals surface area contributed by atoms with Crippen LogP contribution in [0.1, 0.15) is 71.4 Å². The fourth-order valence-corrected chi connectivity index (χ4v) is 4.45. The summed E-state index contributed by atoms with van der Waals surface area (Å²) in [7, 11) is 0. The summed E-state index contributed by atoms with van der Waals surface area (Å²) >= 11 is 0. The van der Waals surface area contributed by atoms with Crippen LogP contribution in [-0.2, 0) is 19.1 Å². The molecule has 0 spiro atoms. The van der Waals surface area contributed by atoms with E-state index in [1.165, 1.54) is 40.0 Å². The molecule has 0 aliphatic heterocycles. The van der Waals surface area contributed by atoms with Crippen LogP contribution >= 0.6 is 0 Å². The lowest BCUT2D eigenvalue weighted by molar-refractivity contribution is -0.137. The molecule has 0 aromatic heterocycles. The summed E-state index contributed by atoms with van der Waals surface area (Å²) in [5.41, 5.74) is 10.0. The zero-order chi connectivity index (χ0) is 31.7. The predicted octanol–water partition coefficient (Wildman–Crippen LogP) is 10.2. The summed E-state index contributed by atoms with van der Waals surface area (Å²) in [4.78, 5) is 11.1. The van der Waals surface area contributed by atoms with Crippen molar-refractivity contribution in [2.45, 2.75) is 53.8 Å². The minimum absolute atomic E-state index is 0.344. The van der Waals surface area contributed by atoms with Crippen molar-refractivity contribution in [3.05, 3.63) is 142 Å². The van der Waals surface area contributed by atoms with Gasteiger partial charge < -0.3 is 10.4 Å². The molecule has 0 heterocycles. The number of hydrogen-bond donors (Lipinski definition) is 2. The topological polar surface area (TPSA) is 49.3 Å². The van der Waals surface area contributed by atoms with Crippen LogP contribution in [0.5, 0.6) is 0 Å². The quantitative estimate of drug-likeness (QED) is 0.216. The maximum atomic E-state index is 12.6. The molecule has 0 aliphatic carbocycles. The van der Waals surface area contributed by atoms with Crippen LogP contribution in [0.4, 0.5) is 13.2 Å². The van der Waals surface area contributed by atoms with Crippen molar-refractivity contribution in [2.75, 3.05) is 0 Å². The number of carboxylic acids is 1. The fourth-order valence-electron chi connectivity index (χ4n) is 4.45. The molecule has 0 saturated carbocycles. The van der Waals surface area contributed by atoms with E-state index >= 15 is 0 Å². The van der Waals surface area contributed by atoms with Gasteiger partial charge in [-0.05, 0) is 103 Å². The molecule has 0 unspecified atom stereocenters. The minimum atomic E-state index is -4.31. The van der Waals surface area contributed by atoms with Crippen LogP contribution < -0.4 is 5.32 Å². The second kappa shape index (κ2) is 14.5. The average Bonchev–Trinajstić information content (AvgIpc) is 2.99. The molecular formula is C37H38F3NO2. The van der Waals surface area contributed by atoms with Crippen LogP contribution in [0.3, 0.4) is 0 Å². The second-order valence-electron chi connectivity index (χ2n) is 10.6. The molecule has 6 heteroatoms. The van der Waals surface area contributed by atoms with Crippen molar-refractivity contribution >= 4 is 17.2 Å². The van der Waals surface area contributed by atoms with Crippen LogP contribution in [0.15, 0.2) is 103 Å². The van der Waals surface area contributed by atoms with E-state index in [2.05, 4.69) is 58.6 Å². The van der Waals surface area contributed by atoms with Gasteiger partial charge in [-0.1, -0.05) is 85.8 Å². The van der Waals surface area contributed by atoms with Crippen LogP contribution in [0.2, 0.25) is 0 Å². The number of aryl methyl sites for hydroxylation is 2. The molecule has 4 rings (SSSR count). The average molecular weight is 586 g/mol. The van der Waals surface area contributed by atoms with E-state index in [9.17, 15) is 18.0 Å². The molecule has 224 valence electrons. The molecule has 0 aliphatic rings. The van der Waals surface area contributed by atoms with Gasteiger partial charge in [0.1, 0.15) is 0 Å². The smallest absolute Gasteiger partial charge is 0.416 e. The molecule has 43 heavy (non-hydrogen) atoms. The molecule has 0 radical (unpaired) electrons. The van der Waals surface area contributed by atoms with Gasteiger partial charge in [0.05, 0.1) is 11.1 Å². The van der Waals surface area contributed by atoms with Gasteiger partial charge in [0.2, 0.25) is 0 Å². The Kier molecular flexibility index (Phi) is 11.1. The first-order valence-electron chi connectivity index (χ1n) is 14.1. The molecule has 4 aromatic rings. The number of benzene rings is 4.